The summed E-state index contributed by atoms with van der Waals surface area (Å²) in [7, 11) is 0. The van der Waals surface area contributed by atoms with Crippen LogP contribution >= 0.6 is 0 Å². The Kier molecular flexibility index (Phi) is 3.46. The number of pyridine rings is 1. The van der Waals surface area contributed by atoms with Crippen LogP contribution in [0.2, 0.25) is 0 Å². The summed E-state index contributed by atoms with van der Waals surface area (Å²) < 4.78 is 41.0. The van der Waals surface area contributed by atoms with Crippen LogP contribution in [0.3, 0.4) is 0 Å². The van der Waals surface area contributed by atoms with E-state index in [1.54, 1.807) is 24.4 Å². The zero-order valence-electron chi connectivity index (χ0n) is 10.5. The highest BCUT2D eigenvalue weighted by Crippen LogP contribution is 2.33. The van der Waals surface area contributed by atoms with E-state index in [1.165, 1.54) is 12.1 Å². The maximum atomic E-state index is 12.3. The number of alkyl halides is 3. The molecule has 0 aliphatic rings. The van der Waals surface area contributed by atoms with Gasteiger partial charge in [-0.3, -0.25) is 4.98 Å². The van der Waals surface area contributed by atoms with Gasteiger partial charge in [0.05, 0.1) is 5.69 Å². The molecule has 19 heavy (non-hydrogen) atoms. The molecular formula is C14H12F3NO. The molecule has 1 aromatic heterocycles. The third kappa shape index (κ3) is 3.24. The smallest absolute Gasteiger partial charge is 0.405 e. The Hall–Kier alpha value is -2.04. The first kappa shape index (κ1) is 13.4. The Balaban J connectivity index is 2.47. The van der Waals surface area contributed by atoms with E-state index in [0.717, 1.165) is 11.1 Å². The van der Waals surface area contributed by atoms with Crippen molar-refractivity contribution in [2.24, 2.45) is 0 Å². The van der Waals surface area contributed by atoms with Gasteiger partial charge in [0.15, 0.2) is 0 Å². The van der Waals surface area contributed by atoms with Crippen LogP contribution in [0.1, 0.15) is 11.1 Å². The Morgan fingerprint density at radius 2 is 1.74 bits per heavy atom. The first-order chi connectivity index (χ1) is 8.87. The van der Waals surface area contributed by atoms with Crippen molar-refractivity contribution < 1.29 is 17.9 Å². The van der Waals surface area contributed by atoms with Crippen molar-refractivity contribution in [3.05, 3.63) is 47.7 Å². The zero-order valence-corrected chi connectivity index (χ0v) is 10.5. The lowest BCUT2D eigenvalue weighted by Gasteiger charge is -2.13. The fourth-order valence-electron chi connectivity index (χ4n) is 1.66. The normalized spacial score (nSPS) is 11.4. The molecule has 0 bridgehead atoms. The van der Waals surface area contributed by atoms with Crippen LogP contribution in [0.4, 0.5) is 13.2 Å². The molecule has 0 atom stereocenters. The number of hydrogen-bond acceptors (Lipinski definition) is 2. The van der Waals surface area contributed by atoms with E-state index in [4.69, 9.17) is 0 Å². The van der Waals surface area contributed by atoms with Crippen LogP contribution in [0.5, 0.6) is 5.75 Å². The van der Waals surface area contributed by atoms with E-state index in [1.807, 2.05) is 13.8 Å². The third-order valence-corrected chi connectivity index (χ3v) is 2.76. The molecule has 0 radical (unpaired) electrons. The predicted octanol–water partition coefficient (Wildman–Crippen LogP) is 4.26. The second kappa shape index (κ2) is 4.91. The van der Waals surface area contributed by atoms with Gasteiger partial charge >= 0.3 is 6.36 Å². The van der Waals surface area contributed by atoms with Crippen molar-refractivity contribution in [3.63, 3.8) is 0 Å². The summed E-state index contributed by atoms with van der Waals surface area (Å²) in [5.41, 5.74) is 2.73. The van der Waals surface area contributed by atoms with Gasteiger partial charge in [-0.1, -0.05) is 12.1 Å². The largest absolute Gasteiger partial charge is 0.573 e. The molecular weight excluding hydrogens is 255 g/mol. The summed E-state index contributed by atoms with van der Waals surface area (Å²) in [5, 5.41) is 0. The first-order valence-corrected chi connectivity index (χ1v) is 5.65. The number of nitrogens with zero attached hydrogens (tertiary/aromatic N) is 1. The van der Waals surface area contributed by atoms with E-state index in [9.17, 15) is 13.2 Å². The second-order valence-corrected chi connectivity index (χ2v) is 4.20. The van der Waals surface area contributed by atoms with Gasteiger partial charge in [-0.2, -0.15) is 0 Å². The molecule has 0 amide bonds. The summed E-state index contributed by atoms with van der Waals surface area (Å²) in [6.07, 6.45) is -3.08. The topological polar surface area (TPSA) is 22.1 Å². The summed E-state index contributed by atoms with van der Waals surface area (Å²) in [5.74, 6) is -0.245. The predicted molar refractivity (Wildman–Crippen MR) is 65.8 cm³/mol. The highest BCUT2D eigenvalue weighted by atomic mass is 19.4. The van der Waals surface area contributed by atoms with Crippen molar-refractivity contribution >= 4 is 0 Å². The lowest BCUT2D eigenvalue weighted by molar-refractivity contribution is -0.274. The number of hydrogen-bond donors (Lipinski definition) is 0. The molecule has 0 fully saturated rings. The summed E-state index contributed by atoms with van der Waals surface area (Å²) >= 11 is 0. The third-order valence-electron chi connectivity index (χ3n) is 2.76. The van der Waals surface area contributed by atoms with Gasteiger partial charge in [0.1, 0.15) is 5.75 Å². The quantitative estimate of drug-likeness (QED) is 0.810. The van der Waals surface area contributed by atoms with Crippen molar-refractivity contribution in [1.82, 2.24) is 4.98 Å². The molecule has 0 spiro atoms. The van der Waals surface area contributed by atoms with Crippen LogP contribution in [0.25, 0.3) is 11.3 Å². The minimum absolute atomic E-state index is 0.245. The summed E-state index contributed by atoms with van der Waals surface area (Å²) in [6.45, 7) is 3.78. The standard InChI is InChI=1S/C14H12F3NO/c1-9-7-12(18-8-10(9)2)11-5-3-4-6-13(11)19-14(15,16)17/h3-8H,1-2H3. The molecule has 0 saturated carbocycles. The molecule has 2 rings (SSSR count). The number of halogens is 3. The average Bonchev–Trinajstić information content (AvgIpc) is 2.31. The van der Waals surface area contributed by atoms with Crippen LogP contribution in [-0.2, 0) is 0 Å². The van der Waals surface area contributed by atoms with Crippen LogP contribution in [0, 0.1) is 13.8 Å². The Morgan fingerprint density at radius 3 is 2.37 bits per heavy atom. The molecule has 100 valence electrons. The zero-order chi connectivity index (χ0) is 14.0. The van der Waals surface area contributed by atoms with Crippen molar-refractivity contribution in [2.75, 3.05) is 0 Å². The van der Waals surface area contributed by atoms with Crippen molar-refractivity contribution in [1.29, 1.82) is 0 Å². The SMILES string of the molecule is Cc1cnc(-c2ccccc2OC(F)(F)F)cc1C. The molecule has 0 aliphatic carbocycles. The van der Waals surface area contributed by atoms with E-state index >= 15 is 0 Å². The lowest BCUT2D eigenvalue weighted by atomic mass is 10.1. The molecule has 2 aromatic rings. The van der Waals surface area contributed by atoms with Crippen LogP contribution < -0.4 is 4.74 Å². The van der Waals surface area contributed by atoms with E-state index < -0.39 is 6.36 Å². The molecule has 1 heterocycles. The van der Waals surface area contributed by atoms with Gasteiger partial charge < -0.3 is 4.74 Å². The van der Waals surface area contributed by atoms with E-state index in [-0.39, 0.29) is 5.75 Å². The van der Waals surface area contributed by atoms with E-state index in [0.29, 0.717) is 11.3 Å². The van der Waals surface area contributed by atoms with Gasteiger partial charge in [-0.25, -0.2) is 0 Å². The number of ether oxygens (including phenoxy) is 1. The molecule has 0 unspecified atom stereocenters. The number of para-hydroxylation sites is 1. The maximum absolute atomic E-state index is 12.3. The van der Waals surface area contributed by atoms with Crippen molar-refractivity contribution in [3.8, 4) is 17.0 Å². The Labute approximate surface area is 108 Å². The molecule has 5 heteroatoms. The fourth-order valence-corrected chi connectivity index (χ4v) is 1.66. The lowest BCUT2D eigenvalue weighted by Crippen LogP contribution is -2.17. The van der Waals surface area contributed by atoms with Gasteiger partial charge in [0, 0.05) is 11.8 Å². The number of rotatable bonds is 2. The highest BCUT2D eigenvalue weighted by molar-refractivity contribution is 5.67. The van der Waals surface area contributed by atoms with Gasteiger partial charge in [-0.15, -0.1) is 13.2 Å². The minimum Gasteiger partial charge on any atom is -0.405 e. The van der Waals surface area contributed by atoms with Crippen LogP contribution in [0.15, 0.2) is 36.5 Å². The number of aryl methyl sites for hydroxylation is 2. The van der Waals surface area contributed by atoms with Crippen molar-refractivity contribution in [2.45, 2.75) is 20.2 Å². The fraction of sp³-hybridized carbons (Fsp3) is 0.214. The van der Waals surface area contributed by atoms with Gasteiger partial charge in [-0.05, 0) is 43.2 Å². The highest BCUT2D eigenvalue weighted by Gasteiger charge is 2.32. The molecule has 0 N–H and O–H groups in total. The first-order valence-electron chi connectivity index (χ1n) is 5.65. The molecule has 0 saturated heterocycles. The minimum atomic E-state index is -4.71. The summed E-state index contributed by atoms with van der Waals surface area (Å²) in [4.78, 5) is 4.15. The monoisotopic (exact) mass is 267 g/mol. The average molecular weight is 267 g/mol. The Bertz CT molecular complexity index is 593. The molecule has 2 nitrogen and oxygen atoms in total. The van der Waals surface area contributed by atoms with E-state index in [2.05, 4.69) is 9.72 Å². The molecule has 0 aliphatic heterocycles. The maximum Gasteiger partial charge on any atom is 0.573 e. The number of aromatic nitrogens is 1. The Morgan fingerprint density at radius 1 is 1.05 bits per heavy atom. The summed E-state index contributed by atoms with van der Waals surface area (Å²) in [6, 6.07) is 7.72. The van der Waals surface area contributed by atoms with Crippen LogP contribution in [-0.4, -0.2) is 11.3 Å². The molecule has 1 aromatic carbocycles. The number of benzene rings is 1. The van der Waals surface area contributed by atoms with Gasteiger partial charge in [0.2, 0.25) is 0 Å². The second-order valence-electron chi connectivity index (χ2n) is 4.20. The van der Waals surface area contributed by atoms with Gasteiger partial charge in [0.25, 0.3) is 0 Å².